The van der Waals surface area contributed by atoms with Crippen molar-refractivity contribution in [3.8, 4) is 0 Å². The van der Waals surface area contributed by atoms with E-state index < -0.39 is 12.1 Å². The Morgan fingerprint density at radius 3 is 2.70 bits per heavy atom. The Bertz CT molecular complexity index is 474. The Hall–Kier alpha value is -2.08. The van der Waals surface area contributed by atoms with E-state index >= 15 is 0 Å². The highest BCUT2D eigenvalue weighted by molar-refractivity contribution is 5.92. The molecule has 0 bridgehead atoms. The van der Waals surface area contributed by atoms with Gasteiger partial charge in [0.05, 0.1) is 12.6 Å². The van der Waals surface area contributed by atoms with Crippen molar-refractivity contribution in [1.82, 2.24) is 10.2 Å². The predicted molar refractivity (Wildman–Crippen MR) is 77.4 cm³/mol. The predicted octanol–water partition coefficient (Wildman–Crippen LogP) is 1.34. The third-order valence-electron chi connectivity index (χ3n) is 2.93. The molecule has 20 heavy (non-hydrogen) atoms. The van der Waals surface area contributed by atoms with Crippen LogP contribution in [-0.2, 0) is 4.79 Å². The molecule has 0 aliphatic carbocycles. The Labute approximate surface area is 118 Å². The van der Waals surface area contributed by atoms with Crippen molar-refractivity contribution in [1.29, 1.82) is 0 Å². The number of aliphatic hydroxyl groups excluding tert-OH is 1. The lowest BCUT2D eigenvalue weighted by Crippen LogP contribution is -2.39. The van der Waals surface area contributed by atoms with E-state index in [1.54, 1.807) is 38.2 Å². The van der Waals surface area contributed by atoms with Gasteiger partial charge in [0.2, 0.25) is 5.91 Å². The summed E-state index contributed by atoms with van der Waals surface area (Å²) in [6.45, 7) is 4.06. The van der Waals surface area contributed by atoms with Gasteiger partial charge in [-0.05, 0) is 31.5 Å². The van der Waals surface area contributed by atoms with Gasteiger partial charge in [-0.15, -0.1) is 0 Å². The second kappa shape index (κ2) is 7.49. The van der Waals surface area contributed by atoms with Gasteiger partial charge in [-0.3, -0.25) is 4.79 Å². The van der Waals surface area contributed by atoms with Gasteiger partial charge in [-0.2, -0.15) is 0 Å². The lowest BCUT2D eigenvalue weighted by atomic mass is 10.1. The van der Waals surface area contributed by atoms with E-state index in [9.17, 15) is 14.7 Å². The third-order valence-corrected chi connectivity index (χ3v) is 2.93. The first-order valence-corrected chi connectivity index (χ1v) is 6.51. The van der Waals surface area contributed by atoms with Crippen LogP contribution in [0.5, 0.6) is 0 Å². The molecule has 0 spiro atoms. The van der Waals surface area contributed by atoms with Crippen molar-refractivity contribution in [2.24, 2.45) is 0 Å². The van der Waals surface area contributed by atoms with Crippen LogP contribution >= 0.6 is 0 Å². The Kier molecular flexibility index (Phi) is 5.99. The summed E-state index contributed by atoms with van der Waals surface area (Å²) in [6, 6.07) is 6.46. The smallest absolute Gasteiger partial charge is 0.319 e. The molecule has 110 valence electrons. The van der Waals surface area contributed by atoms with Crippen LogP contribution in [0.4, 0.5) is 10.5 Å². The van der Waals surface area contributed by atoms with Gasteiger partial charge in [0, 0.05) is 19.3 Å². The van der Waals surface area contributed by atoms with E-state index in [4.69, 9.17) is 0 Å². The van der Waals surface area contributed by atoms with Crippen LogP contribution in [-0.4, -0.2) is 42.1 Å². The highest BCUT2D eigenvalue weighted by atomic mass is 16.3. The topological polar surface area (TPSA) is 81.7 Å². The van der Waals surface area contributed by atoms with Gasteiger partial charge < -0.3 is 20.6 Å². The first-order chi connectivity index (χ1) is 9.43. The van der Waals surface area contributed by atoms with Crippen molar-refractivity contribution in [3.63, 3.8) is 0 Å². The standard InChI is InChI=1S/C14H21N3O3/c1-4-17(3)13(19)9-15-14(20)16-12-7-5-6-11(8-12)10(2)18/h5-8,10,18H,4,9H2,1-3H3,(H2,15,16,20). The number of likely N-dealkylation sites (N-methyl/N-ethyl adjacent to an activating group) is 1. The molecule has 0 aliphatic heterocycles. The fourth-order valence-corrected chi connectivity index (χ4v) is 1.52. The van der Waals surface area contributed by atoms with Gasteiger partial charge in [-0.1, -0.05) is 12.1 Å². The molecule has 1 unspecified atom stereocenters. The summed E-state index contributed by atoms with van der Waals surface area (Å²) in [6.07, 6.45) is -0.598. The second-order valence-corrected chi connectivity index (χ2v) is 4.52. The van der Waals surface area contributed by atoms with Crippen LogP contribution in [0.3, 0.4) is 0 Å². The highest BCUT2D eigenvalue weighted by Gasteiger charge is 2.09. The molecule has 1 aromatic rings. The summed E-state index contributed by atoms with van der Waals surface area (Å²) in [5.41, 5.74) is 1.28. The average Bonchev–Trinajstić information content (AvgIpc) is 2.44. The van der Waals surface area contributed by atoms with Crippen molar-refractivity contribution in [2.75, 3.05) is 25.5 Å². The number of hydrogen-bond donors (Lipinski definition) is 3. The molecule has 0 radical (unpaired) electrons. The lowest BCUT2D eigenvalue weighted by Gasteiger charge is -2.15. The maximum atomic E-state index is 11.7. The molecular formula is C14H21N3O3. The number of carbonyl (C=O) groups excluding carboxylic acids is 2. The molecular weight excluding hydrogens is 258 g/mol. The molecule has 3 N–H and O–H groups in total. The molecule has 1 aromatic carbocycles. The molecule has 0 saturated carbocycles. The lowest BCUT2D eigenvalue weighted by molar-refractivity contribution is -0.128. The molecule has 0 fully saturated rings. The zero-order valence-corrected chi connectivity index (χ0v) is 12.0. The van der Waals surface area contributed by atoms with Crippen LogP contribution in [0.2, 0.25) is 0 Å². The molecule has 0 heterocycles. The monoisotopic (exact) mass is 279 g/mol. The number of benzene rings is 1. The number of nitrogens with one attached hydrogen (secondary N) is 2. The minimum atomic E-state index is -0.598. The summed E-state index contributed by atoms with van der Waals surface area (Å²) in [4.78, 5) is 24.7. The first kappa shape index (κ1) is 16.0. The Morgan fingerprint density at radius 1 is 1.40 bits per heavy atom. The molecule has 3 amide bonds. The maximum absolute atomic E-state index is 11.7. The van der Waals surface area contributed by atoms with Crippen LogP contribution in [0.25, 0.3) is 0 Å². The molecule has 0 saturated heterocycles. The summed E-state index contributed by atoms with van der Waals surface area (Å²) in [7, 11) is 1.67. The molecule has 1 atom stereocenters. The van der Waals surface area contributed by atoms with Crippen molar-refractivity contribution < 1.29 is 14.7 Å². The summed E-state index contributed by atoms with van der Waals surface area (Å²) < 4.78 is 0. The normalized spacial score (nSPS) is 11.6. The van der Waals surface area contributed by atoms with E-state index in [0.29, 0.717) is 17.8 Å². The minimum absolute atomic E-state index is 0.0493. The van der Waals surface area contributed by atoms with Crippen LogP contribution in [0, 0.1) is 0 Å². The van der Waals surface area contributed by atoms with Crippen LogP contribution in [0.15, 0.2) is 24.3 Å². The van der Waals surface area contributed by atoms with Crippen LogP contribution < -0.4 is 10.6 Å². The summed E-state index contributed by atoms with van der Waals surface area (Å²) in [5.74, 6) is -0.152. The molecule has 1 rings (SSSR count). The number of hydrogen-bond acceptors (Lipinski definition) is 3. The Morgan fingerprint density at radius 2 is 2.10 bits per heavy atom. The minimum Gasteiger partial charge on any atom is -0.389 e. The SMILES string of the molecule is CCN(C)C(=O)CNC(=O)Nc1cccc(C(C)O)c1. The number of carbonyl (C=O) groups is 2. The number of amides is 3. The highest BCUT2D eigenvalue weighted by Crippen LogP contribution is 2.16. The number of urea groups is 1. The van der Waals surface area contributed by atoms with E-state index in [0.717, 1.165) is 0 Å². The zero-order valence-electron chi connectivity index (χ0n) is 12.0. The van der Waals surface area contributed by atoms with E-state index in [2.05, 4.69) is 10.6 Å². The first-order valence-electron chi connectivity index (χ1n) is 6.51. The fraction of sp³-hybridized carbons (Fsp3) is 0.429. The number of anilines is 1. The molecule has 6 nitrogen and oxygen atoms in total. The summed E-state index contributed by atoms with van der Waals surface area (Å²) >= 11 is 0. The van der Waals surface area contributed by atoms with Gasteiger partial charge in [0.25, 0.3) is 0 Å². The molecule has 6 heteroatoms. The average molecular weight is 279 g/mol. The third kappa shape index (κ3) is 4.89. The van der Waals surface area contributed by atoms with Gasteiger partial charge in [0.15, 0.2) is 0 Å². The van der Waals surface area contributed by atoms with Crippen molar-refractivity contribution in [3.05, 3.63) is 29.8 Å². The van der Waals surface area contributed by atoms with Crippen molar-refractivity contribution in [2.45, 2.75) is 20.0 Å². The maximum Gasteiger partial charge on any atom is 0.319 e. The Balaban J connectivity index is 2.50. The van der Waals surface area contributed by atoms with Gasteiger partial charge in [0.1, 0.15) is 0 Å². The second-order valence-electron chi connectivity index (χ2n) is 4.52. The largest absolute Gasteiger partial charge is 0.389 e. The van der Waals surface area contributed by atoms with Crippen molar-refractivity contribution >= 4 is 17.6 Å². The van der Waals surface area contributed by atoms with E-state index in [1.807, 2.05) is 6.92 Å². The molecule has 0 aliphatic rings. The fourth-order valence-electron chi connectivity index (χ4n) is 1.52. The number of aliphatic hydroxyl groups is 1. The molecule has 0 aromatic heterocycles. The van der Waals surface area contributed by atoms with E-state index in [-0.39, 0.29) is 12.5 Å². The zero-order chi connectivity index (χ0) is 15.1. The number of rotatable bonds is 5. The van der Waals surface area contributed by atoms with E-state index in [1.165, 1.54) is 4.90 Å². The van der Waals surface area contributed by atoms with Gasteiger partial charge >= 0.3 is 6.03 Å². The quantitative estimate of drug-likeness (QED) is 0.760. The van der Waals surface area contributed by atoms with Crippen LogP contribution in [0.1, 0.15) is 25.5 Å². The number of nitrogens with zero attached hydrogens (tertiary/aromatic N) is 1. The van der Waals surface area contributed by atoms with Gasteiger partial charge in [-0.25, -0.2) is 4.79 Å². The summed E-state index contributed by atoms with van der Waals surface area (Å²) in [5, 5.41) is 14.6.